The Bertz CT molecular complexity index is 627. The summed E-state index contributed by atoms with van der Waals surface area (Å²) >= 11 is 9.39. The van der Waals surface area contributed by atoms with E-state index >= 15 is 0 Å². The van der Waals surface area contributed by atoms with Crippen molar-refractivity contribution in [2.45, 2.75) is 13.3 Å². The van der Waals surface area contributed by atoms with Crippen molar-refractivity contribution in [3.8, 4) is 6.01 Å². The maximum absolute atomic E-state index is 5.97. The van der Waals surface area contributed by atoms with E-state index in [-0.39, 0.29) is 12.0 Å². The number of anilines is 3. The number of benzene rings is 1. The molecule has 0 saturated heterocycles. The lowest BCUT2D eigenvalue weighted by molar-refractivity contribution is 0.292. The Morgan fingerprint density at radius 3 is 2.76 bits per heavy atom. The van der Waals surface area contributed by atoms with Crippen LogP contribution in [0.15, 0.2) is 22.7 Å². The fourth-order valence-corrected chi connectivity index (χ4v) is 1.97. The van der Waals surface area contributed by atoms with Crippen LogP contribution < -0.4 is 21.3 Å². The molecule has 0 spiro atoms. The summed E-state index contributed by atoms with van der Waals surface area (Å²) in [6.45, 7) is 2.50. The van der Waals surface area contributed by atoms with Crippen molar-refractivity contribution in [1.82, 2.24) is 15.0 Å². The molecule has 0 atom stereocenters. The van der Waals surface area contributed by atoms with Crippen molar-refractivity contribution >= 4 is 45.1 Å². The standard InChI is InChI=1S/C12H14BrClN6O/c1-2-5-21-12-18-10(17-11(19-12)20-15)16-9-6-7(14)3-4-8(9)13/h3-4,6H,2,5,15H2,1H3,(H2,16,17,18,19,20). The highest BCUT2D eigenvalue weighted by molar-refractivity contribution is 9.10. The molecule has 2 aromatic rings. The van der Waals surface area contributed by atoms with Crippen LogP contribution >= 0.6 is 27.5 Å². The molecule has 0 radical (unpaired) electrons. The average Bonchev–Trinajstić information content (AvgIpc) is 2.48. The van der Waals surface area contributed by atoms with E-state index in [0.717, 1.165) is 16.6 Å². The van der Waals surface area contributed by atoms with Crippen LogP contribution in [0.4, 0.5) is 17.6 Å². The Labute approximate surface area is 135 Å². The first-order valence-electron chi connectivity index (χ1n) is 6.20. The summed E-state index contributed by atoms with van der Waals surface area (Å²) < 4.78 is 6.22. The van der Waals surface area contributed by atoms with Gasteiger partial charge in [0, 0.05) is 9.50 Å². The normalized spacial score (nSPS) is 10.3. The molecule has 0 unspecified atom stereocenters. The van der Waals surface area contributed by atoms with E-state index < -0.39 is 0 Å². The van der Waals surface area contributed by atoms with Crippen LogP contribution in [0.25, 0.3) is 0 Å². The summed E-state index contributed by atoms with van der Waals surface area (Å²) in [6.07, 6.45) is 0.847. The Hall–Kier alpha value is -1.64. The van der Waals surface area contributed by atoms with Crippen molar-refractivity contribution in [3.05, 3.63) is 27.7 Å². The lowest BCUT2D eigenvalue weighted by atomic mass is 10.3. The number of hydrogen-bond donors (Lipinski definition) is 3. The molecule has 0 bridgehead atoms. The molecule has 112 valence electrons. The fraction of sp³-hybridized carbons (Fsp3) is 0.250. The monoisotopic (exact) mass is 372 g/mol. The number of aromatic nitrogens is 3. The van der Waals surface area contributed by atoms with E-state index in [1.165, 1.54) is 0 Å². The summed E-state index contributed by atoms with van der Waals surface area (Å²) in [6, 6.07) is 5.54. The zero-order chi connectivity index (χ0) is 15.2. The second-order valence-corrected chi connectivity index (χ2v) is 5.30. The van der Waals surface area contributed by atoms with Crippen LogP contribution in [0, 0.1) is 0 Å². The Morgan fingerprint density at radius 2 is 2.05 bits per heavy atom. The molecular formula is C12H14BrClN6O. The van der Waals surface area contributed by atoms with Crippen LogP contribution in [0.1, 0.15) is 13.3 Å². The van der Waals surface area contributed by atoms with E-state index in [1.54, 1.807) is 12.1 Å². The molecule has 0 aliphatic rings. The lowest BCUT2D eigenvalue weighted by Gasteiger charge is -2.10. The zero-order valence-corrected chi connectivity index (χ0v) is 13.6. The van der Waals surface area contributed by atoms with Gasteiger partial charge in [-0.05, 0) is 40.5 Å². The first-order valence-corrected chi connectivity index (χ1v) is 7.37. The predicted octanol–water partition coefficient (Wildman–Crippen LogP) is 3.11. The molecule has 1 aromatic heterocycles. The first kappa shape index (κ1) is 15.7. The summed E-state index contributed by atoms with van der Waals surface area (Å²) in [4.78, 5) is 12.3. The molecule has 9 heteroatoms. The summed E-state index contributed by atoms with van der Waals surface area (Å²) in [5, 5.41) is 3.63. The molecule has 2 rings (SSSR count). The lowest BCUT2D eigenvalue weighted by Crippen LogP contribution is -2.14. The van der Waals surface area contributed by atoms with E-state index in [9.17, 15) is 0 Å². The Kier molecular flexibility index (Phi) is 5.54. The molecule has 0 saturated carbocycles. The van der Waals surface area contributed by atoms with E-state index in [0.29, 0.717) is 17.6 Å². The van der Waals surface area contributed by atoms with Crippen LogP contribution in [-0.2, 0) is 0 Å². The Balaban J connectivity index is 2.27. The van der Waals surface area contributed by atoms with Gasteiger partial charge in [-0.3, -0.25) is 5.43 Å². The highest BCUT2D eigenvalue weighted by Crippen LogP contribution is 2.28. The van der Waals surface area contributed by atoms with Gasteiger partial charge in [-0.2, -0.15) is 15.0 Å². The summed E-state index contributed by atoms with van der Waals surface area (Å²) in [5.41, 5.74) is 3.10. The van der Waals surface area contributed by atoms with Gasteiger partial charge in [-0.1, -0.05) is 18.5 Å². The Morgan fingerprint density at radius 1 is 1.29 bits per heavy atom. The number of nitrogen functional groups attached to an aromatic ring is 1. The molecule has 21 heavy (non-hydrogen) atoms. The van der Waals surface area contributed by atoms with Gasteiger partial charge in [0.15, 0.2) is 0 Å². The average molecular weight is 374 g/mol. The number of hydrogen-bond acceptors (Lipinski definition) is 7. The number of nitrogens with two attached hydrogens (primary N) is 1. The number of nitrogens with zero attached hydrogens (tertiary/aromatic N) is 3. The second kappa shape index (κ2) is 7.39. The molecule has 4 N–H and O–H groups in total. The van der Waals surface area contributed by atoms with E-state index in [1.807, 2.05) is 13.0 Å². The third kappa shape index (κ3) is 4.42. The van der Waals surface area contributed by atoms with Crippen molar-refractivity contribution in [1.29, 1.82) is 0 Å². The fourth-order valence-electron chi connectivity index (χ4n) is 1.45. The van der Waals surface area contributed by atoms with Crippen molar-refractivity contribution in [3.63, 3.8) is 0 Å². The van der Waals surface area contributed by atoms with Gasteiger partial charge in [0.05, 0.1) is 12.3 Å². The van der Waals surface area contributed by atoms with Gasteiger partial charge in [0.1, 0.15) is 0 Å². The van der Waals surface area contributed by atoms with Crippen LogP contribution in [0.5, 0.6) is 6.01 Å². The minimum absolute atomic E-state index is 0.195. The number of halogens is 2. The highest BCUT2D eigenvalue weighted by atomic mass is 79.9. The number of hydrazine groups is 1. The maximum Gasteiger partial charge on any atom is 0.323 e. The van der Waals surface area contributed by atoms with Crippen LogP contribution in [0.2, 0.25) is 5.02 Å². The third-order valence-electron chi connectivity index (χ3n) is 2.35. The largest absolute Gasteiger partial charge is 0.463 e. The molecule has 0 amide bonds. The van der Waals surface area contributed by atoms with Crippen molar-refractivity contribution in [2.24, 2.45) is 5.84 Å². The molecule has 0 fully saturated rings. The SMILES string of the molecule is CCCOc1nc(NN)nc(Nc2cc(Cl)ccc2Br)n1. The number of rotatable bonds is 6. The van der Waals surface area contributed by atoms with Gasteiger partial charge in [-0.15, -0.1) is 0 Å². The minimum Gasteiger partial charge on any atom is -0.463 e. The van der Waals surface area contributed by atoms with Crippen LogP contribution in [0.3, 0.4) is 0 Å². The first-order chi connectivity index (χ1) is 10.1. The smallest absolute Gasteiger partial charge is 0.323 e. The zero-order valence-electron chi connectivity index (χ0n) is 11.2. The van der Waals surface area contributed by atoms with Crippen molar-refractivity contribution < 1.29 is 4.74 Å². The molecule has 0 aliphatic carbocycles. The second-order valence-electron chi connectivity index (χ2n) is 4.01. The third-order valence-corrected chi connectivity index (χ3v) is 3.28. The van der Waals surface area contributed by atoms with Crippen LogP contribution in [-0.4, -0.2) is 21.6 Å². The highest BCUT2D eigenvalue weighted by Gasteiger charge is 2.09. The van der Waals surface area contributed by atoms with E-state index in [4.69, 9.17) is 22.2 Å². The van der Waals surface area contributed by atoms with Gasteiger partial charge in [0.2, 0.25) is 11.9 Å². The molecule has 0 aliphatic heterocycles. The minimum atomic E-state index is 0.195. The molecule has 1 heterocycles. The van der Waals surface area contributed by atoms with Crippen molar-refractivity contribution in [2.75, 3.05) is 17.3 Å². The van der Waals surface area contributed by atoms with Gasteiger partial charge < -0.3 is 10.1 Å². The van der Waals surface area contributed by atoms with Gasteiger partial charge in [-0.25, -0.2) is 5.84 Å². The topological polar surface area (TPSA) is 98.0 Å². The number of nitrogens with one attached hydrogen (secondary N) is 2. The van der Waals surface area contributed by atoms with Gasteiger partial charge >= 0.3 is 6.01 Å². The predicted molar refractivity (Wildman–Crippen MR) is 85.9 cm³/mol. The van der Waals surface area contributed by atoms with Gasteiger partial charge in [0.25, 0.3) is 0 Å². The summed E-state index contributed by atoms with van der Waals surface area (Å²) in [7, 11) is 0. The quantitative estimate of drug-likeness (QED) is 0.528. The molecule has 1 aromatic carbocycles. The molecule has 7 nitrogen and oxygen atoms in total. The maximum atomic E-state index is 5.97. The molecular weight excluding hydrogens is 360 g/mol. The summed E-state index contributed by atoms with van der Waals surface area (Å²) in [5.74, 6) is 5.85. The number of ether oxygens (including phenoxy) is 1. The van der Waals surface area contributed by atoms with E-state index in [2.05, 4.69) is 41.6 Å².